The summed E-state index contributed by atoms with van der Waals surface area (Å²) >= 11 is 0. The molecule has 0 unspecified atom stereocenters. The molecule has 2 heteroatoms. The maximum atomic E-state index is 4.26. The minimum Gasteiger partial charge on any atom is -0.307 e. The highest BCUT2D eigenvalue weighted by atomic mass is 15.0. The second-order valence-corrected chi connectivity index (χ2v) is 4.36. The van der Waals surface area contributed by atoms with Crippen LogP contribution in [0.4, 0.5) is 0 Å². The second kappa shape index (κ2) is 2.59. The molecule has 0 N–H and O–H groups in total. The van der Waals surface area contributed by atoms with Crippen molar-refractivity contribution in [1.29, 1.82) is 0 Å². The van der Waals surface area contributed by atoms with E-state index in [9.17, 15) is 0 Å². The first-order chi connectivity index (χ1) is 6.07. The summed E-state index contributed by atoms with van der Waals surface area (Å²) in [7, 11) is 0. The topological polar surface area (TPSA) is 17.3 Å². The molecule has 0 aliphatic heterocycles. The first kappa shape index (κ1) is 8.30. The van der Waals surface area contributed by atoms with Crippen LogP contribution in [0.5, 0.6) is 0 Å². The lowest BCUT2D eigenvalue weighted by atomic mass is 9.88. The van der Waals surface area contributed by atoms with Crippen molar-refractivity contribution in [2.75, 3.05) is 0 Å². The largest absolute Gasteiger partial charge is 0.307 e. The van der Waals surface area contributed by atoms with Gasteiger partial charge in [0.05, 0.1) is 0 Å². The van der Waals surface area contributed by atoms with Gasteiger partial charge in [-0.1, -0.05) is 20.8 Å². The quantitative estimate of drug-likeness (QED) is 0.600. The fourth-order valence-corrected chi connectivity index (χ4v) is 1.38. The number of fused-ring (bicyclic) bond motifs is 1. The summed E-state index contributed by atoms with van der Waals surface area (Å²) < 4.78 is 2.02. The molecule has 0 aliphatic carbocycles. The van der Waals surface area contributed by atoms with Crippen molar-refractivity contribution >= 4 is 5.65 Å². The molecule has 0 fully saturated rings. The zero-order valence-corrected chi connectivity index (χ0v) is 8.28. The summed E-state index contributed by atoms with van der Waals surface area (Å²) in [5.41, 5.74) is 2.55. The van der Waals surface area contributed by atoms with Crippen LogP contribution in [0, 0.1) is 0 Å². The van der Waals surface area contributed by atoms with Crippen molar-refractivity contribution in [3.05, 3.63) is 36.3 Å². The number of hydrogen-bond donors (Lipinski definition) is 0. The summed E-state index contributed by atoms with van der Waals surface area (Å²) in [4.78, 5) is 4.26. The molecule has 2 nitrogen and oxygen atoms in total. The van der Waals surface area contributed by atoms with Gasteiger partial charge in [-0.2, -0.15) is 0 Å². The second-order valence-electron chi connectivity index (χ2n) is 4.36. The third-order valence-corrected chi connectivity index (χ3v) is 2.26. The number of aromatic nitrogens is 2. The van der Waals surface area contributed by atoms with Gasteiger partial charge in [-0.3, -0.25) is 0 Å². The number of rotatable bonds is 0. The van der Waals surface area contributed by atoms with Crippen molar-refractivity contribution in [3.8, 4) is 0 Å². The van der Waals surface area contributed by atoms with E-state index in [0.29, 0.717) is 0 Å². The van der Waals surface area contributed by atoms with Crippen LogP contribution in [0.15, 0.2) is 30.7 Å². The number of pyridine rings is 1. The maximum Gasteiger partial charge on any atom is 0.136 e. The van der Waals surface area contributed by atoms with Crippen molar-refractivity contribution in [2.24, 2.45) is 0 Å². The SMILES string of the molecule is CC(C)(C)c1ccn2ccnc2c1. The van der Waals surface area contributed by atoms with Gasteiger partial charge in [0.15, 0.2) is 0 Å². The van der Waals surface area contributed by atoms with Crippen LogP contribution in [0.25, 0.3) is 5.65 Å². The number of nitrogens with zero attached hydrogens (tertiary/aromatic N) is 2. The van der Waals surface area contributed by atoms with Crippen LogP contribution in [0.2, 0.25) is 0 Å². The van der Waals surface area contributed by atoms with Crippen LogP contribution >= 0.6 is 0 Å². The molecule has 0 atom stereocenters. The molecule has 0 aromatic carbocycles. The standard InChI is InChI=1S/C11H14N2/c1-11(2,3)9-4-6-13-7-5-12-10(13)8-9/h4-8H,1-3H3. The molecular weight excluding hydrogens is 160 g/mol. The van der Waals surface area contributed by atoms with Crippen LogP contribution < -0.4 is 0 Å². The first-order valence-corrected chi connectivity index (χ1v) is 4.50. The lowest BCUT2D eigenvalue weighted by Crippen LogP contribution is -2.11. The van der Waals surface area contributed by atoms with Crippen molar-refractivity contribution in [3.63, 3.8) is 0 Å². The molecular formula is C11H14N2. The van der Waals surface area contributed by atoms with Gasteiger partial charge in [-0.25, -0.2) is 4.98 Å². The molecule has 13 heavy (non-hydrogen) atoms. The van der Waals surface area contributed by atoms with Crippen LogP contribution in [-0.4, -0.2) is 9.38 Å². The molecule has 0 saturated heterocycles. The summed E-state index contributed by atoms with van der Waals surface area (Å²) in [6.07, 6.45) is 5.84. The Balaban J connectivity index is 2.61. The van der Waals surface area contributed by atoms with Gasteiger partial charge in [0.2, 0.25) is 0 Å². The minimum atomic E-state index is 0.202. The van der Waals surface area contributed by atoms with Gasteiger partial charge in [-0.15, -0.1) is 0 Å². The molecule has 0 saturated carbocycles. The summed E-state index contributed by atoms with van der Waals surface area (Å²) in [5, 5.41) is 0. The van der Waals surface area contributed by atoms with E-state index < -0.39 is 0 Å². The van der Waals surface area contributed by atoms with E-state index in [1.54, 1.807) is 0 Å². The van der Waals surface area contributed by atoms with Crippen LogP contribution in [-0.2, 0) is 5.41 Å². The Kier molecular flexibility index (Phi) is 1.65. The van der Waals surface area contributed by atoms with Gasteiger partial charge in [0.25, 0.3) is 0 Å². The molecule has 2 aromatic heterocycles. The molecule has 0 spiro atoms. The molecule has 68 valence electrons. The highest BCUT2D eigenvalue weighted by molar-refractivity contribution is 5.43. The fraction of sp³-hybridized carbons (Fsp3) is 0.364. The average molecular weight is 174 g/mol. The Morgan fingerprint density at radius 2 is 2.00 bits per heavy atom. The predicted molar refractivity (Wildman–Crippen MR) is 53.9 cm³/mol. The Bertz CT molecular complexity index is 421. The molecule has 0 amide bonds. The van der Waals surface area contributed by atoms with E-state index in [-0.39, 0.29) is 5.41 Å². The maximum absolute atomic E-state index is 4.26. The third-order valence-electron chi connectivity index (χ3n) is 2.26. The van der Waals surface area contributed by atoms with Crippen LogP contribution in [0.3, 0.4) is 0 Å². The normalized spacial score (nSPS) is 12.2. The smallest absolute Gasteiger partial charge is 0.136 e. The minimum absolute atomic E-state index is 0.202. The van der Waals surface area contributed by atoms with Crippen molar-refractivity contribution in [1.82, 2.24) is 9.38 Å². The van der Waals surface area contributed by atoms with E-state index in [4.69, 9.17) is 0 Å². The van der Waals surface area contributed by atoms with E-state index in [0.717, 1.165) is 5.65 Å². The Hall–Kier alpha value is -1.31. The molecule has 2 heterocycles. The number of hydrogen-bond acceptors (Lipinski definition) is 1. The zero-order chi connectivity index (χ0) is 9.47. The Labute approximate surface area is 78.2 Å². The summed E-state index contributed by atoms with van der Waals surface area (Å²) in [5.74, 6) is 0. The van der Waals surface area contributed by atoms with Crippen molar-refractivity contribution in [2.45, 2.75) is 26.2 Å². The highest BCUT2D eigenvalue weighted by Crippen LogP contribution is 2.22. The average Bonchev–Trinajstić information content (AvgIpc) is 2.47. The summed E-state index contributed by atoms with van der Waals surface area (Å²) in [6.45, 7) is 6.63. The van der Waals surface area contributed by atoms with E-state index in [2.05, 4.69) is 44.1 Å². The molecule has 0 radical (unpaired) electrons. The molecule has 0 bridgehead atoms. The predicted octanol–water partition coefficient (Wildman–Crippen LogP) is 2.63. The molecule has 2 aromatic rings. The van der Waals surface area contributed by atoms with Gasteiger partial charge in [0, 0.05) is 18.6 Å². The van der Waals surface area contributed by atoms with Gasteiger partial charge >= 0.3 is 0 Å². The van der Waals surface area contributed by atoms with E-state index in [1.165, 1.54) is 5.56 Å². The monoisotopic (exact) mass is 174 g/mol. The van der Waals surface area contributed by atoms with Gasteiger partial charge < -0.3 is 4.40 Å². The Morgan fingerprint density at radius 3 is 2.69 bits per heavy atom. The van der Waals surface area contributed by atoms with E-state index >= 15 is 0 Å². The highest BCUT2D eigenvalue weighted by Gasteiger charge is 2.13. The van der Waals surface area contributed by atoms with Crippen LogP contribution in [0.1, 0.15) is 26.3 Å². The van der Waals surface area contributed by atoms with Crippen molar-refractivity contribution < 1.29 is 0 Å². The number of imidazole rings is 1. The summed E-state index contributed by atoms with van der Waals surface area (Å²) in [6, 6.07) is 4.29. The third kappa shape index (κ3) is 1.44. The fourth-order valence-electron chi connectivity index (χ4n) is 1.38. The van der Waals surface area contributed by atoms with Gasteiger partial charge in [-0.05, 0) is 23.1 Å². The lowest BCUT2D eigenvalue weighted by Gasteiger charge is -2.18. The molecule has 2 rings (SSSR count). The first-order valence-electron chi connectivity index (χ1n) is 4.50. The zero-order valence-electron chi connectivity index (χ0n) is 8.28. The van der Waals surface area contributed by atoms with Gasteiger partial charge in [0.1, 0.15) is 5.65 Å². The Morgan fingerprint density at radius 1 is 1.23 bits per heavy atom. The van der Waals surface area contributed by atoms with E-state index in [1.807, 2.05) is 16.8 Å². The lowest BCUT2D eigenvalue weighted by molar-refractivity contribution is 0.589. The molecule has 0 aliphatic rings.